The first-order chi connectivity index (χ1) is 19.1. The largest absolute Gasteiger partial charge is 0.462 e. The van der Waals surface area contributed by atoms with E-state index in [1.165, 1.54) is 26.8 Å². The summed E-state index contributed by atoms with van der Waals surface area (Å²) in [6, 6.07) is 9.23. The van der Waals surface area contributed by atoms with Gasteiger partial charge in [-0.25, -0.2) is 0 Å². The van der Waals surface area contributed by atoms with Gasteiger partial charge in [0.2, 0.25) is 0 Å². The van der Waals surface area contributed by atoms with E-state index in [1.807, 2.05) is 30.3 Å². The highest BCUT2D eigenvalue weighted by Crippen LogP contribution is 2.34. The molecule has 0 amide bonds. The molecule has 1 aromatic carbocycles. The zero-order chi connectivity index (χ0) is 29.2. The van der Waals surface area contributed by atoms with Crippen molar-refractivity contribution in [2.75, 3.05) is 6.61 Å². The van der Waals surface area contributed by atoms with E-state index >= 15 is 0 Å². The van der Waals surface area contributed by atoms with Crippen LogP contribution in [0.25, 0.3) is 0 Å². The van der Waals surface area contributed by atoms with E-state index < -0.39 is 72.5 Å². The summed E-state index contributed by atoms with van der Waals surface area (Å²) in [6.45, 7) is 7.17. The third-order valence-corrected chi connectivity index (χ3v) is 6.36. The van der Waals surface area contributed by atoms with E-state index in [0.29, 0.717) is 6.42 Å². The minimum absolute atomic E-state index is 0.0227. The van der Waals surface area contributed by atoms with Crippen LogP contribution in [-0.4, -0.2) is 84.2 Å². The third-order valence-electron chi connectivity index (χ3n) is 6.36. The molecule has 0 radical (unpaired) electrons. The second-order valence-electron chi connectivity index (χ2n) is 9.62. The van der Waals surface area contributed by atoms with E-state index in [4.69, 9.17) is 28.4 Å². The maximum Gasteiger partial charge on any atom is 0.303 e. The van der Waals surface area contributed by atoms with Gasteiger partial charge < -0.3 is 33.5 Å². The van der Waals surface area contributed by atoms with Crippen molar-refractivity contribution in [1.29, 1.82) is 0 Å². The van der Waals surface area contributed by atoms with Crippen LogP contribution >= 0.6 is 0 Å². The number of benzene rings is 1. The first-order valence-corrected chi connectivity index (χ1v) is 13.0. The molecule has 1 N–H and O–H groups in total. The highest BCUT2D eigenvalue weighted by Gasteiger charge is 2.53. The molecular weight excluding hydrogens is 524 g/mol. The third kappa shape index (κ3) is 8.82. The molecule has 0 saturated carbocycles. The Labute approximate surface area is 233 Å². The Morgan fingerprint density at radius 2 is 1.75 bits per heavy atom. The molecule has 8 atom stereocenters. The minimum Gasteiger partial charge on any atom is -0.462 e. The van der Waals surface area contributed by atoms with E-state index in [2.05, 4.69) is 6.58 Å². The van der Waals surface area contributed by atoms with Crippen LogP contribution in [0.5, 0.6) is 0 Å². The Kier molecular flexibility index (Phi) is 11.6. The summed E-state index contributed by atoms with van der Waals surface area (Å²) in [6.07, 6.45) is -3.52. The highest BCUT2D eigenvalue weighted by molar-refractivity contribution is 5.95. The molecule has 2 heterocycles. The molecule has 11 heteroatoms. The molecule has 1 fully saturated rings. The Hall–Kier alpha value is -3.38. The summed E-state index contributed by atoms with van der Waals surface area (Å²) in [5.41, 5.74) is 0.827. The van der Waals surface area contributed by atoms with Crippen molar-refractivity contribution in [2.45, 2.75) is 89.1 Å². The SMILES string of the molecule is C=CCC1C=CC(=O)[C@@H]([C@H](OC(C)=O)[C@H]2O[C@H](CC(COC(C)=O)OC(C)=O)[C@@H](OCc3ccccc3)C2O)O1. The average molecular weight is 561 g/mol. The van der Waals surface area contributed by atoms with E-state index in [9.17, 15) is 24.3 Å². The molecule has 2 aliphatic rings. The molecule has 2 aliphatic heterocycles. The second-order valence-corrected chi connectivity index (χ2v) is 9.62. The predicted octanol–water partition coefficient (Wildman–Crippen LogP) is 1.99. The van der Waals surface area contributed by atoms with Crippen molar-refractivity contribution in [3.05, 3.63) is 60.7 Å². The van der Waals surface area contributed by atoms with Crippen molar-refractivity contribution in [3.8, 4) is 0 Å². The van der Waals surface area contributed by atoms with Gasteiger partial charge in [-0.05, 0) is 18.1 Å². The van der Waals surface area contributed by atoms with Crippen LogP contribution < -0.4 is 0 Å². The molecule has 1 aromatic rings. The Morgan fingerprint density at radius 3 is 2.38 bits per heavy atom. The van der Waals surface area contributed by atoms with Gasteiger partial charge in [-0.15, -0.1) is 6.58 Å². The number of aliphatic hydroxyl groups is 1. The van der Waals surface area contributed by atoms with E-state index in [1.54, 1.807) is 12.2 Å². The Bertz CT molecular complexity index is 1070. The van der Waals surface area contributed by atoms with Crippen molar-refractivity contribution in [2.24, 2.45) is 0 Å². The lowest BCUT2D eigenvalue weighted by atomic mass is 9.94. The normalized spacial score (nSPS) is 27.4. The molecule has 0 aromatic heterocycles. The van der Waals surface area contributed by atoms with Gasteiger partial charge in [0, 0.05) is 27.2 Å². The molecule has 1 saturated heterocycles. The lowest BCUT2D eigenvalue weighted by Gasteiger charge is -2.34. The number of carbonyl (C=O) groups excluding carboxylic acids is 4. The number of hydrogen-bond donors (Lipinski definition) is 1. The van der Waals surface area contributed by atoms with E-state index in [0.717, 1.165) is 5.56 Å². The molecule has 0 aliphatic carbocycles. The van der Waals surface area contributed by atoms with Crippen LogP contribution in [0.3, 0.4) is 0 Å². The maximum atomic E-state index is 12.8. The number of aliphatic hydroxyl groups excluding tert-OH is 1. The van der Waals surface area contributed by atoms with Gasteiger partial charge in [-0.3, -0.25) is 19.2 Å². The molecule has 11 nitrogen and oxygen atoms in total. The van der Waals surface area contributed by atoms with Crippen LogP contribution in [0.15, 0.2) is 55.1 Å². The average Bonchev–Trinajstić information content (AvgIpc) is 3.20. The molecule has 218 valence electrons. The highest BCUT2D eigenvalue weighted by atomic mass is 16.6. The quantitative estimate of drug-likeness (QED) is 0.215. The lowest BCUT2D eigenvalue weighted by molar-refractivity contribution is -0.183. The first kappa shape index (κ1) is 31.2. The summed E-state index contributed by atoms with van der Waals surface area (Å²) < 4.78 is 34.1. The summed E-state index contributed by atoms with van der Waals surface area (Å²) in [4.78, 5) is 48.1. The molecule has 40 heavy (non-hydrogen) atoms. The number of ketones is 1. The van der Waals surface area contributed by atoms with Crippen LogP contribution in [0.2, 0.25) is 0 Å². The van der Waals surface area contributed by atoms with Gasteiger partial charge in [0.1, 0.15) is 31.0 Å². The first-order valence-electron chi connectivity index (χ1n) is 13.0. The van der Waals surface area contributed by atoms with E-state index in [-0.39, 0.29) is 19.6 Å². The Morgan fingerprint density at radius 1 is 1.05 bits per heavy atom. The number of ether oxygens (including phenoxy) is 6. The van der Waals surface area contributed by atoms with Gasteiger partial charge in [-0.1, -0.05) is 42.5 Å². The monoisotopic (exact) mass is 560 g/mol. The molecule has 0 spiro atoms. The van der Waals surface area contributed by atoms with Crippen molar-refractivity contribution >= 4 is 23.7 Å². The molecule has 3 rings (SSSR count). The van der Waals surface area contributed by atoms with Crippen molar-refractivity contribution in [1.82, 2.24) is 0 Å². The van der Waals surface area contributed by atoms with Gasteiger partial charge >= 0.3 is 17.9 Å². The summed E-state index contributed by atoms with van der Waals surface area (Å²) >= 11 is 0. The molecule has 3 unspecified atom stereocenters. The number of carbonyl (C=O) groups is 4. The van der Waals surface area contributed by atoms with Gasteiger partial charge in [0.05, 0.1) is 18.8 Å². The fourth-order valence-corrected chi connectivity index (χ4v) is 4.68. The molecular formula is C29H36O11. The predicted molar refractivity (Wildman–Crippen MR) is 140 cm³/mol. The second kappa shape index (κ2) is 14.8. The summed E-state index contributed by atoms with van der Waals surface area (Å²) in [5, 5.41) is 11.4. The minimum atomic E-state index is -1.37. The number of rotatable bonds is 13. The maximum absolute atomic E-state index is 12.8. The Balaban J connectivity index is 1.89. The fourth-order valence-electron chi connectivity index (χ4n) is 4.68. The van der Waals surface area contributed by atoms with Crippen molar-refractivity contribution < 1.29 is 52.7 Å². The smallest absolute Gasteiger partial charge is 0.303 e. The van der Waals surface area contributed by atoms with Crippen LogP contribution in [0, 0.1) is 0 Å². The van der Waals surface area contributed by atoms with Crippen LogP contribution in [-0.2, 0) is 54.2 Å². The summed E-state index contributed by atoms with van der Waals surface area (Å²) in [7, 11) is 0. The fraction of sp³-hybridized carbons (Fsp3) is 0.517. The van der Waals surface area contributed by atoms with Gasteiger partial charge in [0.15, 0.2) is 18.0 Å². The van der Waals surface area contributed by atoms with Gasteiger partial charge in [0.25, 0.3) is 0 Å². The lowest BCUT2D eigenvalue weighted by Crippen LogP contribution is -2.52. The van der Waals surface area contributed by atoms with Crippen LogP contribution in [0.1, 0.15) is 39.2 Å². The molecule has 0 bridgehead atoms. The van der Waals surface area contributed by atoms with Gasteiger partial charge in [-0.2, -0.15) is 0 Å². The number of esters is 3. The van der Waals surface area contributed by atoms with Crippen molar-refractivity contribution in [3.63, 3.8) is 0 Å². The zero-order valence-electron chi connectivity index (χ0n) is 22.8. The summed E-state index contributed by atoms with van der Waals surface area (Å²) in [5.74, 6) is -2.33. The zero-order valence-corrected chi connectivity index (χ0v) is 22.8. The topological polar surface area (TPSA) is 144 Å². The number of hydrogen-bond acceptors (Lipinski definition) is 11. The van der Waals surface area contributed by atoms with Crippen LogP contribution in [0.4, 0.5) is 0 Å². The standard InChI is InChI=1S/C29H36O11/c1-5-9-21-12-13-23(33)26(39-21)29(38-19(4)32)28-25(34)27(36-15-20-10-7-6-8-11-20)24(40-28)14-22(37-18(3)31)16-35-17(2)30/h5-8,10-13,21-22,24-29,34H,1,9,14-16H2,2-4H3/t21?,22?,24-,25?,26+,27-,28+,29+/m1/s1.